The number of nitrogens with zero attached hydrogens (tertiary/aromatic N) is 1. The van der Waals surface area contributed by atoms with Crippen LogP contribution in [0.5, 0.6) is 0 Å². The molecule has 2 heterocycles. The van der Waals surface area contributed by atoms with E-state index in [9.17, 15) is 9.59 Å². The summed E-state index contributed by atoms with van der Waals surface area (Å²) in [6.07, 6.45) is 5.55. The van der Waals surface area contributed by atoms with Crippen LogP contribution < -0.4 is 11.1 Å². The van der Waals surface area contributed by atoms with Crippen LogP contribution in [0.15, 0.2) is 111 Å². The first kappa shape index (κ1) is 27.9. The van der Waals surface area contributed by atoms with E-state index in [4.69, 9.17) is 0 Å². The number of benzene rings is 2. The van der Waals surface area contributed by atoms with Gasteiger partial charge in [0.25, 0.3) is 5.56 Å². The number of para-hydroxylation sites is 1. The zero-order chi connectivity index (χ0) is 24.5. The SMILES string of the molecule is Brc1ccccc1.CC.CCc1ccc(=O)[nH]c1.CCc1ccc(=O)n(-c2ccccc2)c1. The number of nitrogens with one attached hydrogen (secondary N) is 1. The molecule has 0 aliphatic rings. The molecule has 174 valence electrons. The molecular formula is C28H33BrN2O2. The number of H-pyrrole nitrogens is 1. The molecule has 0 amide bonds. The van der Waals surface area contributed by atoms with E-state index in [1.54, 1.807) is 22.9 Å². The zero-order valence-electron chi connectivity index (χ0n) is 19.8. The minimum atomic E-state index is -0.0350. The molecule has 0 bridgehead atoms. The van der Waals surface area contributed by atoms with E-state index in [0.29, 0.717) is 0 Å². The van der Waals surface area contributed by atoms with E-state index >= 15 is 0 Å². The molecule has 0 fully saturated rings. The summed E-state index contributed by atoms with van der Waals surface area (Å²) in [4.78, 5) is 24.7. The summed E-state index contributed by atoms with van der Waals surface area (Å²) in [5.74, 6) is 0. The zero-order valence-corrected chi connectivity index (χ0v) is 21.4. The number of halogens is 1. The molecule has 1 N–H and O–H groups in total. The molecule has 2 aromatic heterocycles. The third kappa shape index (κ3) is 10.8. The highest BCUT2D eigenvalue weighted by Gasteiger charge is 1.99. The Bertz CT molecular complexity index is 1130. The predicted molar refractivity (Wildman–Crippen MR) is 143 cm³/mol. The molecule has 0 radical (unpaired) electrons. The Hall–Kier alpha value is -3.18. The van der Waals surface area contributed by atoms with Crippen molar-refractivity contribution in [2.24, 2.45) is 0 Å². The van der Waals surface area contributed by atoms with Gasteiger partial charge < -0.3 is 4.98 Å². The Morgan fingerprint density at radius 2 is 1.27 bits per heavy atom. The van der Waals surface area contributed by atoms with Gasteiger partial charge in [0, 0.05) is 34.7 Å². The molecule has 4 rings (SSSR count). The van der Waals surface area contributed by atoms with Gasteiger partial charge in [-0.15, -0.1) is 0 Å². The van der Waals surface area contributed by atoms with E-state index in [2.05, 4.69) is 27.8 Å². The predicted octanol–water partition coefficient (Wildman–Crippen LogP) is 6.81. The molecular weight excluding hydrogens is 476 g/mol. The Labute approximate surface area is 205 Å². The van der Waals surface area contributed by atoms with Gasteiger partial charge in [0.2, 0.25) is 5.56 Å². The average Bonchev–Trinajstić information content (AvgIpc) is 2.88. The maximum Gasteiger partial charge on any atom is 0.255 e. The Morgan fingerprint density at radius 1 is 0.727 bits per heavy atom. The van der Waals surface area contributed by atoms with Gasteiger partial charge in [0.1, 0.15) is 0 Å². The number of rotatable bonds is 3. The number of aromatic amines is 1. The fourth-order valence-corrected chi connectivity index (χ4v) is 2.91. The minimum Gasteiger partial charge on any atom is -0.329 e. The van der Waals surface area contributed by atoms with Gasteiger partial charge in [-0.3, -0.25) is 14.2 Å². The van der Waals surface area contributed by atoms with Crippen LogP contribution in [-0.2, 0) is 12.8 Å². The van der Waals surface area contributed by atoms with Crippen LogP contribution in [0.4, 0.5) is 0 Å². The summed E-state index contributed by atoms with van der Waals surface area (Å²) in [6, 6.07) is 26.5. The number of hydrogen-bond donors (Lipinski definition) is 1. The van der Waals surface area contributed by atoms with Gasteiger partial charge in [-0.05, 0) is 48.2 Å². The van der Waals surface area contributed by atoms with E-state index in [-0.39, 0.29) is 11.1 Å². The first-order chi connectivity index (χ1) is 16.0. The number of hydrogen-bond acceptors (Lipinski definition) is 2. The van der Waals surface area contributed by atoms with Crippen molar-refractivity contribution in [2.75, 3.05) is 0 Å². The molecule has 2 aromatic carbocycles. The van der Waals surface area contributed by atoms with Gasteiger partial charge in [0.05, 0.1) is 0 Å². The third-order valence-corrected chi connectivity index (χ3v) is 4.93. The fraction of sp³-hybridized carbons (Fsp3) is 0.214. The van der Waals surface area contributed by atoms with Crippen LogP contribution in [0.1, 0.15) is 38.8 Å². The van der Waals surface area contributed by atoms with Crippen molar-refractivity contribution in [3.05, 3.63) is 134 Å². The summed E-state index contributed by atoms with van der Waals surface area (Å²) in [7, 11) is 0. The molecule has 0 unspecified atom stereocenters. The van der Waals surface area contributed by atoms with E-state index < -0.39 is 0 Å². The Balaban J connectivity index is 0.000000258. The van der Waals surface area contributed by atoms with Gasteiger partial charge in [0.15, 0.2) is 0 Å². The maximum atomic E-state index is 11.7. The second-order valence-corrected chi connectivity index (χ2v) is 7.56. The Morgan fingerprint density at radius 3 is 1.73 bits per heavy atom. The summed E-state index contributed by atoms with van der Waals surface area (Å²) in [5.41, 5.74) is 3.22. The van der Waals surface area contributed by atoms with Gasteiger partial charge in [-0.2, -0.15) is 0 Å². The standard InChI is InChI=1S/C13H13NO.C7H9NO.C6H5Br.C2H6/c1-2-11-8-9-13(15)14(10-11)12-6-4-3-5-7-12;1-2-6-3-4-7(9)8-5-6;7-6-4-2-1-3-5-6;1-2/h3-10H,2H2,1H3;3-5H,2H2,1H3,(H,8,9);1-5H;1-2H3. The largest absolute Gasteiger partial charge is 0.329 e. The first-order valence-electron chi connectivity index (χ1n) is 11.2. The highest BCUT2D eigenvalue weighted by Crippen LogP contribution is 2.06. The van der Waals surface area contributed by atoms with E-state index in [1.165, 1.54) is 5.56 Å². The Kier molecular flexibility index (Phi) is 13.9. The highest BCUT2D eigenvalue weighted by molar-refractivity contribution is 9.10. The summed E-state index contributed by atoms with van der Waals surface area (Å²) in [5, 5.41) is 0. The molecule has 0 saturated carbocycles. The van der Waals surface area contributed by atoms with Crippen LogP contribution in [0.2, 0.25) is 0 Å². The smallest absolute Gasteiger partial charge is 0.255 e. The molecule has 4 aromatic rings. The number of aryl methyl sites for hydroxylation is 2. The first-order valence-corrected chi connectivity index (χ1v) is 12.0. The van der Waals surface area contributed by atoms with Crippen molar-refractivity contribution >= 4 is 15.9 Å². The van der Waals surface area contributed by atoms with E-state index in [0.717, 1.165) is 28.6 Å². The molecule has 0 saturated heterocycles. The molecule has 0 atom stereocenters. The minimum absolute atomic E-state index is 0.0124. The van der Waals surface area contributed by atoms with Gasteiger partial charge in [-0.1, -0.05) is 92.2 Å². The molecule has 5 heteroatoms. The number of aromatic nitrogens is 2. The fourth-order valence-electron chi connectivity index (χ4n) is 2.61. The van der Waals surface area contributed by atoms with Crippen LogP contribution in [0.3, 0.4) is 0 Å². The quantitative estimate of drug-likeness (QED) is 0.330. The lowest BCUT2D eigenvalue weighted by Crippen LogP contribution is -2.16. The van der Waals surface area contributed by atoms with Crippen LogP contribution in [-0.4, -0.2) is 9.55 Å². The molecule has 33 heavy (non-hydrogen) atoms. The van der Waals surface area contributed by atoms with Crippen molar-refractivity contribution in [1.82, 2.24) is 9.55 Å². The second-order valence-electron chi connectivity index (χ2n) is 6.64. The van der Waals surface area contributed by atoms with Crippen molar-refractivity contribution < 1.29 is 0 Å². The third-order valence-electron chi connectivity index (χ3n) is 4.40. The second kappa shape index (κ2) is 16.5. The highest BCUT2D eigenvalue weighted by atomic mass is 79.9. The molecule has 4 nitrogen and oxygen atoms in total. The summed E-state index contributed by atoms with van der Waals surface area (Å²) < 4.78 is 2.81. The van der Waals surface area contributed by atoms with E-state index in [1.807, 2.05) is 99.8 Å². The van der Waals surface area contributed by atoms with Gasteiger partial charge in [-0.25, -0.2) is 0 Å². The van der Waals surface area contributed by atoms with Crippen LogP contribution in [0.25, 0.3) is 5.69 Å². The monoisotopic (exact) mass is 508 g/mol. The number of pyridine rings is 2. The van der Waals surface area contributed by atoms with Crippen molar-refractivity contribution in [3.63, 3.8) is 0 Å². The topological polar surface area (TPSA) is 54.9 Å². The molecule has 0 aliphatic heterocycles. The molecule has 0 spiro atoms. The van der Waals surface area contributed by atoms with Gasteiger partial charge >= 0.3 is 0 Å². The lowest BCUT2D eigenvalue weighted by atomic mass is 10.2. The lowest BCUT2D eigenvalue weighted by molar-refractivity contribution is 0.953. The normalized spacial score (nSPS) is 9.24. The van der Waals surface area contributed by atoms with Crippen LogP contribution >= 0.6 is 15.9 Å². The lowest BCUT2D eigenvalue weighted by Gasteiger charge is -2.06. The maximum absolute atomic E-state index is 11.7. The van der Waals surface area contributed by atoms with Crippen molar-refractivity contribution in [2.45, 2.75) is 40.5 Å². The molecule has 0 aliphatic carbocycles. The van der Waals surface area contributed by atoms with Crippen molar-refractivity contribution in [1.29, 1.82) is 0 Å². The summed E-state index contributed by atoms with van der Waals surface area (Å²) in [6.45, 7) is 8.13. The summed E-state index contributed by atoms with van der Waals surface area (Å²) >= 11 is 3.31. The van der Waals surface area contributed by atoms with Crippen molar-refractivity contribution in [3.8, 4) is 5.69 Å². The van der Waals surface area contributed by atoms with Crippen LogP contribution in [0, 0.1) is 0 Å². The average molecular weight is 509 g/mol.